The van der Waals surface area contributed by atoms with Crippen molar-refractivity contribution < 1.29 is 0 Å². The predicted molar refractivity (Wildman–Crippen MR) is 91.8 cm³/mol. The minimum atomic E-state index is 1.19. The van der Waals surface area contributed by atoms with Crippen LogP contribution in [0.15, 0.2) is 10.8 Å². The van der Waals surface area contributed by atoms with Crippen molar-refractivity contribution in [3.63, 3.8) is 0 Å². The molecule has 0 N–H and O–H groups in total. The van der Waals surface area contributed by atoms with Gasteiger partial charge in [-0.3, -0.25) is 9.80 Å². The van der Waals surface area contributed by atoms with E-state index in [2.05, 4.69) is 20.6 Å². The van der Waals surface area contributed by atoms with Crippen LogP contribution in [-0.4, -0.2) is 36.0 Å². The molecule has 0 atom stereocenters. The van der Waals surface area contributed by atoms with Crippen LogP contribution < -0.4 is 0 Å². The van der Waals surface area contributed by atoms with Crippen LogP contribution in [0, 0.1) is 0 Å². The maximum atomic E-state index is 2.68. The average Bonchev–Trinajstić information content (AvgIpc) is 2.72. The highest BCUT2D eigenvalue weighted by molar-refractivity contribution is 7.08. The van der Waals surface area contributed by atoms with Gasteiger partial charge in [0.15, 0.2) is 0 Å². The van der Waals surface area contributed by atoms with E-state index in [1.807, 2.05) is 11.3 Å². The molecular formula is C18H30N2S. The van der Waals surface area contributed by atoms with E-state index in [-0.39, 0.29) is 0 Å². The molecule has 118 valence electrons. The lowest BCUT2D eigenvalue weighted by molar-refractivity contribution is 0.263. The van der Waals surface area contributed by atoms with Gasteiger partial charge in [-0.2, -0.15) is 11.3 Å². The molecule has 2 nitrogen and oxygen atoms in total. The van der Waals surface area contributed by atoms with Crippen molar-refractivity contribution in [2.75, 3.05) is 26.2 Å². The first-order valence-electron chi connectivity index (χ1n) is 8.90. The first kappa shape index (κ1) is 15.5. The van der Waals surface area contributed by atoms with Crippen molar-refractivity contribution in [1.82, 2.24) is 9.80 Å². The zero-order valence-corrected chi connectivity index (χ0v) is 14.2. The van der Waals surface area contributed by atoms with Gasteiger partial charge < -0.3 is 0 Å². The van der Waals surface area contributed by atoms with Crippen molar-refractivity contribution in [1.29, 1.82) is 0 Å². The molecule has 3 heteroatoms. The molecular weight excluding hydrogens is 276 g/mol. The number of thiophene rings is 1. The number of likely N-dealkylation sites (tertiary alicyclic amines) is 2. The smallest absolute Gasteiger partial charge is 0.0245 e. The molecule has 2 saturated heterocycles. The predicted octanol–water partition coefficient (Wildman–Crippen LogP) is 4.50. The van der Waals surface area contributed by atoms with E-state index in [0.29, 0.717) is 0 Å². The van der Waals surface area contributed by atoms with Crippen LogP contribution in [0.4, 0.5) is 0 Å². The Balaban J connectivity index is 1.57. The maximum absolute atomic E-state index is 2.68. The SMILES string of the molecule is c1scc(CN2CCCCCC2)c1CN1CCCCCC1. The van der Waals surface area contributed by atoms with Crippen LogP contribution in [0.1, 0.15) is 62.5 Å². The summed E-state index contributed by atoms with van der Waals surface area (Å²) in [5.41, 5.74) is 3.21. The summed E-state index contributed by atoms with van der Waals surface area (Å²) in [5.74, 6) is 0. The molecule has 0 saturated carbocycles. The minimum Gasteiger partial charge on any atom is -0.299 e. The van der Waals surface area contributed by atoms with Crippen LogP contribution >= 0.6 is 11.3 Å². The lowest BCUT2D eigenvalue weighted by atomic mass is 10.1. The monoisotopic (exact) mass is 306 g/mol. The number of rotatable bonds is 4. The number of hydrogen-bond acceptors (Lipinski definition) is 3. The summed E-state index contributed by atoms with van der Waals surface area (Å²) in [7, 11) is 0. The van der Waals surface area contributed by atoms with E-state index in [0.717, 1.165) is 0 Å². The Bertz CT molecular complexity index is 363. The van der Waals surface area contributed by atoms with E-state index < -0.39 is 0 Å². The molecule has 0 aliphatic carbocycles. The van der Waals surface area contributed by atoms with Gasteiger partial charge in [0.1, 0.15) is 0 Å². The Kier molecular flexibility index (Phi) is 6.13. The molecule has 3 heterocycles. The summed E-state index contributed by atoms with van der Waals surface area (Å²) in [6, 6.07) is 0. The van der Waals surface area contributed by atoms with Gasteiger partial charge in [0.2, 0.25) is 0 Å². The molecule has 3 rings (SSSR count). The lowest BCUT2D eigenvalue weighted by Crippen LogP contribution is -2.26. The van der Waals surface area contributed by atoms with Crippen molar-refractivity contribution >= 4 is 11.3 Å². The topological polar surface area (TPSA) is 6.48 Å². The molecule has 0 unspecified atom stereocenters. The van der Waals surface area contributed by atoms with Crippen LogP contribution in [0.25, 0.3) is 0 Å². The highest BCUT2D eigenvalue weighted by Gasteiger charge is 2.15. The third-order valence-corrected chi connectivity index (χ3v) is 5.86. The highest BCUT2D eigenvalue weighted by atomic mass is 32.1. The van der Waals surface area contributed by atoms with Gasteiger partial charge in [0, 0.05) is 13.1 Å². The summed E-state index contributed by atoms with van der Waals surface area (Å²) in [4.78, 5) is 5.36. The molecule has 2 aliphatic rings. The first-order chi connectivity index (χ1) is 10.4. The molecule has 0 aromatic carbocycles. The van der Waals surface area contributed by atoms with Crippen molar-refractivity contribution in [2.24, 2.45) is 0 Å². The summed E-state index contributed by atoms with van der Waals surface area (Å²) >= 11 is 1.90. The van der Waals surface area contributed by atoms with Gasteiger partial charge in [0.05, 0.1) is 0 Å². The van der Waals surface area contributed by atoms with Crippen LogP contribution in [0.5, 0.6) is 0 Å². The third-order valence-electron chi connectivity index (χ3n) is 5.02. The Labute approximate surface area is 134 Å². The molecule has 2 fully saturated rings. The summed E-state index contributed by atoms with van der Waals surface area (Å²) in [6.45, 7) is 7.59. The number of nitrogens with zero attached hydrogens (tertiary/aromatic N) is 2. The fraction of sp³-hybridized carbons (Fsp3) is 0.778. The van der Waals surface area contributed by atoms with Crippen LogP contribution in [0.2, 0.25) is 0 Å². The maximum Gasteiger partial charge on any atom is 0.0245 e. The standard InChI is InChI=1S/C18H30N2S/c1-2-6-10-19(9-5-1)13-17-15-21-16-18(17)14-20-11-7-3-4-8-12-20/h15-16H,1-14H2. The summed E-state index contributed by atoms with van der Waals surface area (Å²) < 4.78 is 0. The van der Waals surface area contributed by atoms with Gasteiger partial charge in [-0.15, -0.1) is 0 Å². The van der Waals surface area contributed by atoms with Crippen LogP contribution in [0.3, 0.4) is 0 Å². The largest absolute Gasteiger partial charge is 0.299 e. The van der Waals surface area contributed by atoms with E-state index in [1.165, 1.54) is 90.6 Å². The molecule has 1 aromatic rings. The van der Waals surface area contributed by atoms with E-state index in [1.54, 1.807) is 11.1 Å². The van der Waals surface area contributed by atoms with Gasteiger partial charge in [-0.1, -0.05) is 25.7 Å². The molecule has 0 amide bonds. The molecule has 0 radical (unpaired) electrons. The Morgan fingerprint density at radius 1 is 0.619 bits per heavy atom. The lowest BCUT2D eigenvalue weighted by Gasteiger charge is -2.23. The normalized spacial score (nSPS) is 22.9. The Hall–Kier alpha value is -0.380. The molecule has 0 spiro atoms. The molecule has 2 aliphatic heterocycles. The molecule has 21 heavy (non-hydrogen) atoms. The zero-order chi connectivity index (χ0) is 14.3. The van der Waals surface area contributed by atoms with Gasteiger partial charge in [-0.05, 0) is 73.7 Å². The second-order valence-corrected chi connectivity index (χ2v) is 7.55. The molecule has 1 aromatic heterocycles. The fourth-order valence-corrected chi connectivity index (χ4v) is 4.55. The zero-order valence-electron chi connectivity index (χ0n) is 13.4. The fourth-order valence-electron chi connectivity index (χ4n) is 3.70. The van der Waals surface area contributed by atoms with Gasteiger partial charge in [0.25, 0.3) is 0 Å². The quantitative estimate of drug-likeness (QED) is 0.808. The second-order valence-electron chi connectivity index (χ2n) is 6.80. The van der Waals surface area contributed by atoms with Crippen molar-refractivity contribution in [3.8, 4) is 0 Å². The summed E-state index contributed by atoms with van der Waals surface area (Å²) in [5, 5.41) is 4.80. The molecule has 0 bridgehead atoms. The Morgan fingerprint density at radius 2 is 1.00 bits per heavy atom. The highest BCUT2D eigenvalue weighted by Crippen LogP contribution is 2.22. The van der Waals surface area contributed by atoms with Gasteiger partial charge in [-0.25, -0.2) is 0 Å². The average molecular weight is 307 g/mol. The van der Waals surface area contributed by atoms with E-state index >= 15 is 0 Å². The first-order valence-corrected chi connectivity index (χ1v) is 9.85. The third kappa shape index (κ3) is 4.80. The number of hydrogen-bond donors (Lipinski definition) is 0. The second kappa shape index (κ2) is 8.30. The minimum absolute atomic E-state index is 1.19. The van der Waals surface area contributed by atoms with Crippen molar-refractivity contribution in [3.05, 3.63) is 21.9 Å². The van der Waals surface area contributed by atoms with Gasteiger partial charge >= 0.3 is 0 Å². The van der Waals surface area contributed by atoms with Crippen LogP contribution in [-0.2, 0) is 13.1 Å². The van der Waals surface area contributed by atoms with E-state index in [9.17, 15) is 0 Å². The summed E-state index contributed by atoms with van der Waals surface area (Å²) in [6.07, 6.45) is 11.3. The Morgan fingerprint density at radius 3 is 1.38 bits per heavy atom. The van der Waals surface area contributed by atoms with Crippen molar-refractivity contribution in [2.45, 2.75) is 64.5 Å². The van der Waals surface area contributed by atoms with E-state index in [4.69, 9.17) is 0 Å².